The van der Waals surface area contributed by atoms with Gasteiger partial charge in [0.1, 0.15) is 5.69 Å². The predicted molar refractivity (Wildman–Crippen MR) is 68.2 cm³/mol. The van der Waals surface area contributed by atoms with Crippen molar-refractivity contribution in [3.63, 3.8) is 0 Å². The summed E-state index contributed by atoms with van der Waals surface area (Å²) >= 11 is 0. The Hall–Kier alpha value is -1.66. The first kappa shape index (κ1) is 12.8. The van der Waals surface area contributed by atoms with Crippen LogP contribution >= 0.6 is 0 Å². The molecule has 0 aliphatic rings. The number of furan rings is 1. The summed E-state index contributed by atoms with van der Waals surface area (Å²) in [5.41, 5.74) is 1.53. The average Bonchev–Trinajstić information content (AvgIpc) is 2.91. The van der Waals surface area contributed by atoms with E-state index >= 15 is 0 Å². The Morgan fingerprint density at radius 1 is 1.33 bits per heavy atom. The molecule has 0 aliphatic heterocycles. The summed E-state index contributed by atoms with van der Waals surface area (Å²) in [6, 6.07) is 7.24. The van der Waals surface area contributed by atoms with E-state index in [9.17, 15) is 8.42 Å². The maximum Gasteiger partial charge on any atom is 0.211 e. The third-order valence-electron chi connectivity index (χ3n) is 2.47. The second-order valence-electron chi connectivity index (χ2n) is 3.75. The smallest absolute Gasteiger partial charge is 0.211 e. The molecule has 2 aromatic rings. The molecule has 2 heterocycles. The van der Waals surface area contributed by atoms with Gasteiger partial charge in [-0.25, -0.2) is 13.1 Å². The van der Waals surface area contributed by atoms with E-state index < -0.39 is 10.0 Å². The minimum Gasteiger partial charge on any atom is -0.463 e. The molecule has 6 heteroatoms. The predicted octanol–water partition coefficient (Wildman–Crippen LogP) is 1.78. The number of sulfonamides is 1. The largest absolute Gasteiger partial charge is 0.463 e. The molecule has 0 radical (unpaired) electrons. The molecule has 5 nitrogen and oxygen atoms in total. The molecule has 2 rings (SSSR count). The normalized spacial score (nSPS) is 11.6. The van der Waals surface area contributed by atoms with E-state index in [1.54, 1.807) is 31.5 Å². The highest BCUT2D eigenvalue weighted by Gasteiger charge is 2.06. The van der Waals surface area contributed by atoms with Gasteiger partial charge >= 0.3 is 0 Å². The second-order valence-corrected chi connectivity index (χ2v) is 5.85. The number of rotatable bonds is 5. The van der Waals surface area contributed by atoms with Gasteiger partial charge in [-0.15, -0.1) is 0 Å². The number of aromatic nitrogens is 1. The Balaban J connectivity index is 2.05. The standard InChI is InChI=1S/C12H14N2O3S/c1-2-18(15,16)14-9-10-5-6-11(13-8-10)12-4-3-7-17-12/h3-8,14H,2,9H2,1H3. The Morgan fingerprint density at radius 3 is 2.72 bits per heavy atom. The fourth-order valence-corrected chi connectivity index (χ4v) is 1.99. The SMILES string of the molecule is CCS(=O)(=O)NCc1ccc(-c2ccco2)nc1. The first-order valence-corrected chi connectivity index (χ1v) is 7.22. The molecule has 0 saturated heterocycles. The van der Waals surface area contributed by atoms with Crippen molar-refractivity contribution >= 4 is 10.0 Å². The summed E-state index contributed by atoms with van der Waals surface area (Å²) in [4.78, 5) is 4.22. The number of nitrogens with zero attached hydrogens (tertiary/aromatic N) is 1. The van der Waals surface area contributed by atoms with Gasteiger partial charge in [-0.1, -0.05) is 6.07 Å². The highest BCUT2D eigenvalue weighted by molar-refractivity contribution is 7.89. The lowest BCUT2D eigenvalue weighted by molar-refractivity contribution is 0.579. The van der Waals surface area contributed by atoms with E-state index in [0.29, 0.717) is 5.76 Å². The van der Waals surface area contributed by atoms with Crippen molar-refractivity contribution in [2.45, 2.75) is 13.5 Å². The Morgan fingerprint density at radius 2 is 2.17 bits per heavy atom. The van der Waals surface area contributed by atoms with Crippen LogP contribution in [0.3, 0.4) is 0 Å². The molecular weight excluding hydrogens is 252 g/mol. The van der Waals surface area contributed by atoms with E-state index in [0.717, 1.165) is 11.3 Å². The van der Waals surface area contributed by atoms with Crippen LogP contribution in [0.5, 0.6) is 0 Å². The van der Waals surface area contributed by atoms with Crippen molar-refractivity contribution in [1.29, 1.82) is 0 Å². The van der Waals surface area contributed by atoms with Crippen LogP contribution in [0.4, 0.5) is 0 Å². The number of hydrogen-bond acceptors (Lipinski definition) is 4. The van der Waals surface area contributed by atoms with Crippen molar-refractivity contribution < 1.29 is 12.8 Å². The molecule has 1 N–H and O–H groups in total. The topological polar surface area (TPSA) is 72.2 Å². The lowest BCUT2D eigenvalue weighted by atomic mass is 10.2. The van der Waals surface area contributed by atoms with E-state index in [1.807, 2.05) is 12.1 Å². The fourth-order valence-electron chi connectivity index (χ4n) is 1.39. The van der Waals surface area contributed by atoms with Gasteiger partial charge in [0.2, 0.25) is 10.0 Å². The molecule has 0 aromatic carbocycles. The summed E-state index contributed by atoms with van der Waals surface area (Å²) in [6.45, 7) is 1.85. The van der Waals surface area contributed by atoms with Crippen LogP contribution in [0.2, 0.25) is 0 Å². The van der Waals surface area contributed by atoms with E-state index in [-0.39, 0.29) is 12.3 Å². The third kappa shape index (κ3) is 3.18. The van der Waals surface area contributed by atoms with Crippen molar-refractivity contribution in [1.82, 2.24) is 9.71 Å². The number of hydrogen-bond donors (Lipinski definition) is 1. The van der Waals surface area contributed by atoms with E-state index in [2.05, 4.69) is 9.71 Å². The van der Waals surface area contributed by atoms with Crippen molar-refractivity contribution in [3.8, 4) is 11.5 Å². The molecule has 0 unspecified atom stereocenters. The van der Waals surface area contributed by atoms with Gasteiger partial charge in [0, 0.05) is 12.7 Å². The molecule has 0 spiro atoms. The average molecular weight is 266 g/mol. The van der Waals surface area contributed by atoms with Gasteiger partial charge in [0.25, 0.3) is 0 Å². The molecule has 0 amide bonds. The molecule has 0 bridgehead atoms. The van der Waals surface area contributed by atoms with Crippen molar-refractivity contribution in [3.05, 3.63) is 42.3 Å². The van der Waals surface area contributed by atoms with Crippen LogP contribution in [-0.4, -0.2) is 19.2 Å². The highest BCUT2D eigenvalue weighted by atomic mass is 32.2. The van der Waals surface area contributed by atoms with Gasteiger partial charge in [0.15, 0.2) is 5.76 Å². The van der Waals surface area contributed by atoms with E-state index in [1.165, 1.54) is 0 Å². The lowest BCUT2D eigenvalue weighted by Crippen LogP contribution is -2.24. The monoisotopic (exact) mass is 266 g/mol. The summed E-state index contributed by atoms with van der Waals surface area (Å²) < 4.78 is 30.3. The van der Waals surface area contributed by atoms with Gasteiger partial charge in [0.05, 0.1) is 12.0 Å². The fraction of sp³-hybridized carbons (Fsp3) is 0.250. The van der Waals surface area contributed by atoms with Crippen LogP contribution in [-0.2, 0) is 16.6 Å². The Kier molecular flexibility index (Phi) is 3.78. The van der Waals surface area contributed by atoms with Crippen LogP contribution < -0.4 is 4.72 Å². The summed E-state index contributed by atoms with van der Waals surface area (Å²) in [5.74, 6) is 0.765. The first-order valence-electron chi connectivity index (χ1n) is 5.57. The van der Waals surface area contributed by atoms with E-state index in [4.69, 9.17) is 4.42 Å². The zero-order valence-corrected chi connectivity index (χ0v) is 10.8. The number of nitrogens with one attached hydrogen (secondary N) is 1. The minimum absolute atomic E-state index is 0.0743. The van der Waals surface area contributed by atoms with Gasteiger partial charge in [-0.2, -0.15) is 0 Å². The molecular formula is C12H14N2O3S. The quantitative estimate of drug-likeness (QED) is 0.895. The Bertz CT molecular complexity index is 589. The summed E-state index contributed by atoms with van der Waals surface area (Å²) in [6.07, 6.45) is 3.22. The van der Waals surface area contributed by atoms with Crippen LogP contribution in [0.25, 0.3) is 11.5 Å². The third-order valence-corrected chi connectivity index (χ3v) is 3.82. The summed E-state index contributed by atoms with van der Waals surface area (Å²) in [7, 11) is -3.17. The van der Waals surface area contributed by atoms with Gasteiger partial charge in [-0.3, -0.25) is 4.98 Å². The molecule has 0 fully saturated rings. The van der Waals surface area contributed by atoms with Crippen LogP contribution in [0, 0.1) is 0 Å². The second kappa shape index (κ2) is 5.32. The van der Waals surface area contributed by atoms with Gasteiger partial charge < -0.3 is 4.42 Å². The van der Waals surface area contributed by atoms with Crippen LogP contribution in [0.1, 0.15) is 12.5 Å². The van der Waals surface area contributed by atoms with Gasteiger partial charge in [-0.05, 0) is 30.7 Å². The Labute approximate surface area is 106 Å². The van der Waals surface area contributed by atoms with Crippen molar-refractivity contribution in [2.24, 2.45) is 0 Å². The zero-order valence-electron chi connectivity index (χ0n) is 9.96. The molecule has 2 aromatic heterocycles. The molecule has 96 valence electrons. The van der Waals surface area contributed by atoms with Crippen molar-refractivity contribution in [2.75, 3.05) is 5.75 Å². The molecule has 0 saturated carbocycles. The molecule has 0 atom stereocenters. The first-order chi connectivity index (χ1) is 8.61. The molecule has 0 aliphatic carbocycles. The summed E-state index contributed by atoms with van der Waals surface area (Å²) in [5, 5.41) is 0. The number of pyridine rings is 1. The maximum atomic E-state index is 11.3. The zero-order chi connectivity index (χ0) is 13.0. The molecule has 18 heavy (non-hydrogen) atoms. The lowest BCUT2D eigenvalue weighted by Gasteiger charge is -2.04. The highest BCUT2D eigenvalue weighted by Crippen LogP contribution is 2.16. The minimum atomic E-state index is -3.17. The maximum absolute atomic E-state index is 11.3. The van der Waals surface area contributed by atoms with Crippen LogP contribution in [0.15, 0.2) is 41.1 Å².